The van der Waals surface area contributed by atoms with E-state index in [9.17, 15) is 9.59 Å². The molecule has 0 aliphatic carbocycles. The molecule has 2 amide bonds. The minimum Gasteiger partial charge on any atom is -0.321 e. The first-order chi connectivity index (χ1) is 12.7. The Balaban J connectivity index is 1.71. The second-order valence-corrected chi connectivity index (χ2v) is 5.35. The topological polar surface area (TPSA) is 83.5 Å². The van der Waals surface area contributed by atoms with Gasteiger partial charge in [-0.15, -0.1) is 0 Å². The molecule has 0 radical (unpaired) electrons. The zero-order valence-electron chi connectivity index (χ0n) is 13.8. The maximum Gasteiger partial charge on any atom is 0.273 e. The molecule has 0 unspecified atom stereocenters. The van der Waals surface area contributed by atoms with Crippen molar-refractivity contribution in [3.8, 4) is 0 Å². The van der Waals surface area contributed by atoms with Crippen LogP contribution in [-0.2, 0) is 0 Å². The van der Waals surface area contributed by atoms with Crippen molar-refractivity contribution in [3.63, 3.8) is 0 Å². The fourth-order valence-corrected chi connectivity index (χ4v) is 2.25. The Kier molecular flexibility index (Phi) is 5.47. The van der Waals surface area contributed by atoms with Gasteiger partial charge in [0.05, 0.1) is 17.5 Å². The van der Waals surface area contributed by atoms with E-state index in [-0.39, 0.29) is 5.91 Å². The number of rotatable bonds is 5. The molecule has 0 saturated carbocycles. The van der Waals surface area contributed by atoms with E-state index < -0.39 is 5.91 Å². The minimum absolute atomic E-state index is 0.286. The number of hydrazone groups is 1. The monoisotopic (exact) mass is 344 g/mol. The summed E-state index contributed by atoms with van der Waals surface area (Å²) in [6.45, 7) is 0. The smallest absolute Gasteiger partial charge is 0.273 e. The molecule has 0 bridgehead atoms. The predicted molar refractivity (Wildman–Crippen MR) is 100 cm³/mol. The fraction of sp³-hybridized carbons (Fsp3) is 0. The summed E-state index contributed by atoms with van der Waals surface area (Å²) in [7, 11) is 0. The Morgan fingerprint density at radius 1 is 0.846 bits per heavy atom. The number of carbonyl (C=O) groups is 2. The summed E-state index contributed by atoms with van der Waals surface area (Å²) in [5.74, 6) is -0.703. The lowest BCUT2D eigenvalue weighted by atomic mass is 10.1. The summed E-state index contributed by atoms with van der Waals surface area (Å²) in [6.07, 6.45) is 4.79. The number of anilines is 1. The van der Waals surface area contributed by atoms with Crippen LogP contribution >= 0.6 is 0 Å². The highest BCUT2D eigenvalue weighted by atomic mass is 16.2. The average molecular weight is 344 g/mol. The highest BCUT2D eigenvalue weighted by Gasteiger charge is 2.13. The number of pyridine rings is 1. The normalized spacial score (nSPS) is 10.5. The molecule has 2 aromatic carbocycles. The third-order valence-corrected chi connectivity index (χ3v) is 3.54. The van der Waals surface area contributed by atoms with E-state index in [1.165, 1.54) is 6.21 Å². The number of hydrogen-bond acceptors (Lipinski definition) is 4. The van der Waals surface area contributed by atoms with Gasteiger partial charge in [-0.1, -0.05) is 30.3 Å². The number of aromatic nitrogens is 1. The van der Waals surface area contributed by atoms with Gasteiger partial charge in [-0.3, -0.25) is 14.6 Å². The third kappa shape index (κ3) is 4.39. The molecule has 6 heteroatoms. The van der Waals surface area contributed by atoms with E-state index in [4.69, 9.17) is 0 Å². The van der Waals surface area contributed by atoms with Gasteiger partial charge in [-0.05, 0) is 42.0 Å². The Morgan fingerprint density at radius 2 is 1.54 bits per heavy atom. The Labute approximate surface area is 150 Å². The van der Waals surface area contributed by atoms with Gasteiger partial charge in [-0.2, -0.15) is 5.10 Å². The van der Waals surface area contributed by atoms with Gasteiger partial charge >= 0.3 is 0 Å². The van der Waals surface area contributed by atoms with Crippen molar-refractivity contribution in [3.05, 3.63) is 95.8 Å². The minimum atomic E-state index is -0.417. The van der Waals surface area contributed by atoms with Crippen LogP contribution in [-0.4, -0.2) is 23.0 Å². The lowest BCUT2D eigenvalue weighted by Gasteiger charge is -2.10. The van der Waals surface area contributed by atoms with Crippen LogP contribution < -0.4 is 10.7 Å². The maximum atomic E-state index is 12.4. The molecule has 0 spiro atoms. The number of hydrogen-bond donors (Lipinski definition) is 2. The van der Waals surface area contributed by atoms with Gasteiger partial charge in [0.2, 0.25) is 0 Å². The number of benzene rings is 2. The number of nitrogens with zero attached hydrogens (tertiary/aromatic N) is 2. The molecule has 1 aromatic heterocycles. The second kappa shape index (κ2) is 8.34. The van der Waals surface area contributed by atoms with E-state index in [0.717, 1.165) is 5.56 Å². The molecule has 3 aromatic rings. The lowest BCUT2D eigenvalue weighted by Crippen LogP contribution is -2.21. The molecule has 3 rings (SSSR count). The van der Waals surface area contributed by atoms with Crippen LogP contribution in [0, 0.1) is 0 Å². The van der Waals surface area contributed by atoms with Crippen molar-refractivity contribution in [1.29, 1.82) is 0 Å². The van der Waals surface area contributed by atoms with Crippen molar-refractivity contribution >= 4 is 23.7 Å². The first-order valence-electron chi connectivity index (χ1n) is 7.93. The lowest BCUT2D eigenvalue weighted by molar-refractivity contribution is 0.0956. The standard InChI is InChI=1S/C20H16N4O2/c25-19(16-6-2-1-3-7-16)23-18-9-5-4-8-17(18)20(26)24-22-14-15-10-12-21-13-11-15/h1-14H,(H,23,25)(H,24,26)/b22-14-. The van der Waals surface area contributed by atoms with Crippen LogP contribution in [0.25, 0.3) is 0 Å². The van der Waals surface area contributed by atoms with Gasteiger partial charge in [0.25, 0.3) is 11.8 Å². The number of para-hydroxylation sites is 1. The van der Waals surface area contributed by atoms with Crippen LogP contribution in [0.2, 0.25) is 0 Å². The average Bonchev–Trinajstić information content (AvgIpc) is 2.70. The van der Waals surface area contributed by atoms with Crippen LogP contribution in [0.1, 0.15) is 26.3 Å². The quantitative estimate of drug-likeness (QED) is 0.551. The third-order valence-electron chi connectivity index (χ3n) is 3.54. The highest BCUT2D eigenvalue weighted by molar-refractivity contribution is 6.09. The van der Waals surface area contributed by atoms with E-state index in [1.54, 1.807) is 73.1 Å². The maximum absolute atomic E-state index is 12.4. The molecule has 0 fully saturated rings. The first-order valence-corrected chi connectivity index (χ1v) is 7.93. The molecule has 6 nitrogen and oxygen atoms in total. The van der Waals surface area contributed by atoms with Gasteiger partial charge in [0.1, 0.15) is 0 Å². The zero-order valence-corrected chi connectivity index (χ0v) is 13.8. The molecule has 2 N–H and O–H groups in total. The van der Waals surface area contributed by atoms with E-state index in [0.29, 0.717) is 16.8 Å². The highest BCUT2D eigenvalue weighted by Crippen LogP contribution is 2.16. The molecule has 26 heavy (non-hydrogen) atoms. The largest absolute Gasteiger partial charge is 0.321 e. The van der Waals surface area contributed by atoms with Gasteiger partial charge in [0, 0.05) is 18.0 Å². The summed E-state index contributed by atoms with van der Waals surface area (Å²) in [6, 6.07) is 19.1. The number of nitrogens with one attached hydrogen (secondary N) is 2. The summed E-state index contributed by atoms with van der Waals surface area (Å²) in [5, 5.41) is 6.69. The van der Waals surface area contributed by atoms with Gasteiger partial charge < -0.3 is 5.32 Å². The summed E-state index contributed by atoms with van der Waals surface area (Å²) in [5.41, 5.74) is 4.52. The zero-order chi connectivity index (χ0) is 18.2. The van der Waals surface area contributed by atoms with Gasteiger partial charge in [-0.25, -0.2) is 5.43 Å². The van der Waals surface area contributed by atoms with Crippen LogP contribution in [0.4, 0.5) is 5.69 Å². The Morgan fingerprint density at radius 3 is 2.31 bits per heavy atom. The van der Waals surface area contributed by atoms with Crippen molar-refractivity contribution < 1.29 is 9.59 Å². The molecule has 0 atom stereocenters. The first kappa shape index (κ1) is 17.0. The van der Waals surface area contributed by atoms with Crippen LogP contribution in [0.3, 0.4) is 0 Å². The molecular formula is C20H16N4O2. The Hall–Kier alpha value is -3.80. The Bertz CT molecular complexity index is 925. The van der Waals surface area contributed by atoms with Crippen molar-refractivity contribution in [2.24, 2.45) is 5.10 Å². The fourth-order valence-electron chi connectivity index (χ4n) is 2.25. The molecule has 128 valence electrons. The van der Waals surface area contributed by atoms with E-state index in [2.05, 4.69) is 20.8 Å². The molecule has 0 saturated heterocycles. The van der Waals surface area contributed by atoms with E-state index in [1.807, 2.05) is 6.07 Å². The summed E-state index contributed by atoms with van der Waals surface area (Å²) >= 11 is 0. The predicted octanol–water partition coefficient (Wildman–Crippen LogP) is 3.10. The number of carbonyl (C=O) groups excluding carboxylic acids is 2. The second-order valence-electron chi connectivity index (χ2n) is 5.35. The summed E-state index contributed by atoms with van der Waals surface area (Å²) < 4.78 is 0. The van der Waals surface area contributed by atoms with E-state index >= 15 is 0 Å². The number of amides is 2. The van der Waals surface area contributed by atoms with Gasteiger partial charge in [0.15, 0.2) is 0 Å². The van der Waals surface area contributed by atoms with Crippen LogP contribution in [0.5, 0.6) is 0 Å². The van der Waals surface area contributed by atoms with Crippen molar-refractivity contribution in [2.75, 3.05) is 5.32 Å². The SMILES string of the molecule is O=C(Nc1ccccc1C(=O)N/N=C\c1ccncc1)c1ccccc1. The van der Waals surface area contributed by atoms with Crippen LogP contribution in [0.15, 0.2) is 84.2 Å². The van der Waals surface area contributed by atoms with Crippen molar-refractivity contribution in [2.45, 2.75) is 0 Å². The molecule has 0 aliphatic heterocycles. The van der Waals surface area contributed by atoms with Crippen molar-refractivity contribution in [1.82, 2.24) is 10.4 Å². The molecule has 0 aliphatic rings. The molecular weight excluding hydrogens is 328 g/mol. The summed E-state index contributed by atoms with van der Waals surface area (Å²) in [4.78, 5) is 28.6. The molecule has 1 heterocycles.